The fourth-order valence-corrected chi connectivity index (χ4v) is 4.64. The molecule has 1 heterocycles. The number of nitrogens with zero attached hydrogens (tertiary/aromatic N) is 1. The smallest absolute Gasteiger partial charge is 0.270 e. The van der Waals surface area contributed by atoms with Crippen LogP contribution in [0.15, 0.2) is 74.5 Å². The number of benzene rings is 2. The number of amides is 1. The molecule has 168 valence electrons. The van der Waals surface area contributed by atoms with Crippen molar-refractivity contribution in [2.24, 2.45) is 0 Å². The van der Waals surface area contributed by atoms with Gasteiger partial charge in [-0.2, -0.15) is 0 Å². The number of aromatic nitrogens is 2. The van der Waals surface area contributed by atoms with E-state index in [4.69, 9.17) is 9.47 Å². The van der Waals surface area contributed by atoms with E-state index in [2.05, 4.69) is 15.3 Å². The highest BCUT2D eigenvalue weighted by atomic mass is 32.2. The van der Waals surface area contributed by atoms with Crippen LogP contribution in [0.4, 0.5) is 0 Å². The van der Waals surface area contributed by atoms with Gasteiger partial charge in [0.2, 0.25) is 15.7 Å². The van der Waals surface area contributed by atoms with E-state index in [1.807, 2.05) is 30.3 Å². The Morgan fingerprint density at radius 1 is 1.09 bits per heavy atom. The first-order valence-electron chi connectivity index (χ1n) is 9.35. The summed E-state index contributed by atoms with van der Waals surface area (Å²) in [5.41, 5.74) is 0.129. The molecule has 1 amide bonds. The quantitative estimate of drug-likeness (QED) is 0.355. The minimum absolute atomic E-state index is 0.0115. The number of hydrogen-bond donors (Lipinski definition) is 2. The fraction of sp³-hybridized carbons (Fsp3) is 0.190. The number of ether oxygens (including phenoxy) is 2. The highest BCUT2D eigenvalue weighted by Gasteiger charge is 2.24. The van der Waals surface area contributed by atoms with Gasteiger partial charge in [0.1, 0.15) is 0 Å². The Morgan fingerprint density at radius 3 is 2.47 bits per heavy atom. The monoisotopic (exact) mass is 475 g/mol. The second-order valence-corrected chi connectivity index (χ2v) is 9.34. The fourth-order valence-electron chi connectivity index (χ4n) is 2.72. The number of hydrogen-bond acceptors (Lipinski definition) is 8. The molecule has 0 radical (unpaired) electrons. The number of thioether (sulfide) groups is 1. The van der Waals surface area contributed by atoms with Gasteiger partial charge in [-0.25, -0.2) is 13.4 Å². The third-order valence-corrected chi connectivity index (χ3v) is 7.00. The van der Waals surface area contributed by atoms with Crippen molar-refractivity contribution in [3.8, 4) is 11.5 Å². The van der Waals surface area contributed by atoms with Crippen molar-refractivity contribution in [3.63, 3.8) is 0 Å². The molecule has 0 atom stereocenters. The molecule has 0 aliphatic heterocycles. The summed E-state index contributed by atoms with van der Waals surface area (Å²) in [6, 6.07) is 13.5. The first-order chi connectivity index (χ1) is 15.3. The zero-order valence-electron chi connectivity index (χ0n) is 17.3. The van der Waals surface area contributed by atoms with Crippen LogP contribution in [0.25, 0.3) is 0 Å². The SMILES string of the molecule is COc1ccc(S(=O)(=O)c2cnc(SCC(=O)NCc3ccccc3)[nH]c2=O)cc1OC. The molecule has 2 N–H and O–H groups in total. The molecule has 0 fully saturated rings. The van der Waals surface area contributed by atoms with E-state index in [0.717, 1.165) is 23.5 Å². The zero-order chi connectivity index (χ0) is 23.1. The maximum atomic E-state index is 12.9. The highest BCUT2D eigenvalue weighted by Crippen LogP contribution is 2.31. The molecule has 0 aliphatic carbocycles. The van der Waals surface area contributed by atoms with Crippen LogP contribution in [0, 0.1) is 0 Å². The van der Waals surface area contributed by atoms with Gasteiger partial charge in [0.25, 0.3) is 5.56 Å². The Hall–Kier alpha value is -3.31. The van der Waals surface area contributed by atoms with Crippen LogP contribution < -0.4 is 20.3 Å². The summed E-state index contributed by atoms with van der Waals surface area (Å²) >= 11 is 0.994. The van der Waals surface area contributed by atoms with Gasteiger partial charge in [-0.3, -0.25) is 9.59 Å². The van der Waals surface area contributed by atoms with Crippen LogP contribution >= 0.6 is 11.8 Å². The third-order valence-electron chi connectivity index (χ3n) is 4.37. The van der Waals surface area contributed by atoms with Gasteiger partial charge < -0.3 is 19.8 Å². The lowest BCUT2D eigenvalue weighted by atomic mass is 10.2. The summed E-state index contributed by atoms with van der Waals surface area (Å²) in [6.07, 6.45) is 0.981. The summed E-state index contributed by atoms with van der Waals surface area (Å²) in [6.45, 7) is 0.382. The van der Waals surface area contributed by atoms with Crippen molar-refractivity contribution in [3.05, 3.63) is 70.6 Å². The van der Waals surface area contributed by atoms with Gasteiger partial charge in [-0.1, -0.05) is 42.1 Å². The van der Waals surface area contributed by atoms with E-state index in [-0.39, 0.29) is 27.5 Å². The van der Waals surface area contributed by atoms with Gasteiger partial charge in [0.15, 0.2) is 21.6 Å². The summed E-state index contributed by atoms with van der Waals surface area (Å²) in [4.78, 5) is 30.2. The van der Waals surface area contributed by atoms with Crippen molar-refractivity contribution < 1.29 is 22.7 Å². The molecule has 0 unspecified atom stereocenters. The molecule has 3 aromatic rings. The minimum atomic E-state index is -4.14. The van der Waals surface area contributed by atoms with Gasteiger partial charge in [-0.15, -0.1) is 0 Å². The molecular weight excluding hydrogens is 454 g/mol. The molecule has 0 spiro atoms. The van der Waals surface area contributed by atoms with E-state index in [1.54, 1.807) is 0 Å². The Kier molecular flexibility index (Phi) is 7.54. The van der Waals surface area contributed by atoms with Gasteiger partial charge in [0, 0.05) is 12.6 Å². The van der Waals surface area contributed by atoms with Crippen molar-refractivity contribution in [1.82, 2.24) is 15.3 Å². The number of H-pyrrole nitrogens is 1. The molecule has 32 heavy (non-hydrogen) atoms. The molecule has 0 bridgehead atoms. The molecule has 0 aliphatic rings. The Labute approximate surface area is 189 Å². The maximum absolute atomic E-state index is 12.9. The molecule has 9 nitrogen and oxygen atoms in total. The van der Waals surface area contributed by atoms with Crippen LogP contribution in [0.5, 0.6) is 11.5 Å². The molecule has 3 rings (SSSR count). The topological polar surface area (TPSA) is 127 Å². The molecule has 1 aromatic heterocycles. The second kappa shape index (κ2) is 10.3. The van der Waals surface area contributed by atoms with E-state index in [9.17, 15) is 18.0 Å². The Balaban J connectivity index is 1.69. The number of carbonyl (C=O) groups excluding carboxylic acids is 1. The van der Waals surface area contributed by atoms with E-state index in [1.165, 1.54) is 32.4 Å². The molecule has 11 heteroatoms. The average molecular weight is 476 g/mol. The Bertz CT molecular complexity index is 1260. The van der Waals surface area contributed by atoms with Crippen LogP contribution in [0.1, 0.15) is 5.56 Å². The lowest BCUT2D eigenvalue weighted by molar-refractivity contribution is -0.118. The number of aromatic amines is 1. The average Bonchev–Trinajstić information content (AvgIpc) is 2.81. The lowest BCUT2D eigenvalue weighted by Gasteiger charge is -2.10. The van der Waals surface area contributed by atoms with E-state index in [0.29, 0.717) is 12.3 Å². The third kappa shape index (κ3) is 5.48. The summed E-state index contributed by atoms with van der Waals surface area (Å²) < 4.78 is 36.0. The first-order valence-corrected chi connectivity index (χ1v) is 11.8. The van der Waals surface area contributed by atoms with Crippen LogP contribution in [-0.2, 0) is 21.2 Å². The zero-order valence-corrected chi connectivity index (χ0v) is 19.0. The molecule has 0 saturated heterocycles. The number of carbonyl (C=O) groups is 1. The summed E-state index contributed by atoms with van der Waals surface area (Å²) in [5, 5.41) is 2.90. The number of sulfone groups is 1. The minimum Gasteiger partial charge on any atom is -0.493 e. The standard InChI is InChI=1S/C21H21N3O6S2/c1-29-16-9-8-15(10-17(16)30-2)32(27,28)18-12-23-21(24-20(18)26)31-13-19(25)22-11-14-6-4-3-5-7-14/h3-10,12H,11,13H2,1-2H3,(H,22,25)(H,23,24,26). The number of nitrogens with one attached hydrogen (secondary N) is 2. The van der Waals surface area contributed by atoms with E-state index >= 15 is 0 Å². The molecular formula is C21H21N3O6S2. The van der Waals surface area contributed by atoms with Crippen molar-refractivity contribution in [1.29, 1.82) is 0 Å². The van der Waals surface area contributed by atoms with Gasteiger partial charge in [-0.05, 0) is 17.7 Å². The van der Waals surface area contributed by atoms with Gasteiger partial charge in [0.05, 0.1) is 31.1 Å². The maximum Gasteiger partial charge on any atom is 0.270 e. The molecule has 2 aromatic carbocycles. The normalized spacial score (nSPS) is 11.1. The Morgan fingerprint density at radius 2 is 1.81 bits per heavy atom. The van der Waals surface area contributed by atoms with Crippen molar-refractivity contribution in [2.75, 3.05) is 20.0 Å². The van der Waals surface area contributed by atoms with Crippen LogP contribution in [0.3, 0.4) is 0 Å². The first kappa shape index (κ1) is 23.4. The number of methoxy groups -OCH3 is 2. The largest absolute Gasteiger partial charge is 0.493 e. The molecule has 0 saturated carbocycles. The predicted molar refractivity (Wildman–Crippen MR) is 119 cm³/mol. The van der Waals surface area contributed by atoms with E-state index < -0.39 is 20.3 Å². The summed E-state index contributed by atoms with van der Waals surface area (Å²) in [7, 11) is -1.34. The number of rotatable bonds is 9. The van der Waals surface area contributed by atoms with Crippen LogP contribution in [-0.4, -0.2) is 44.3 Å². The van der Waals surface area contributed by atoms with Crippen molar-refractivity contribution >= 4 is 27.5 Å². The van der Waals surface area contributed by atoms with Gasteiger partial charge >= 0.3 is 0 Å². The van der Waals surface area contributed by atoms with Crippen molar-refractivity contribution in [2.45, 2.75) is 21.5 Å². The highest BCUT2D eigenvalue weighted by molar-refractivity contribution is 7.99. The second-order valence-electron chi connectivity index (χ2n) is 6.45. The lowest BCUT2D eigenvalue weighted by Crippen LogP contribution is -2.25. The summed E-state index contributed by atoms with van der Waals surface area (Å²) in [5.74, 6) is 0.336. The predicted octanol–water partition coefficient (Wildman–Crippen LogP) is 2.03. The van der Waals surface area contributed by atoms with Crippen LogP contribution in [0.2, 0.25) is 0 Å².